The minimum absolute atomic E-state index is 0.0450. The van der Waals surface area contributed by atoms with E-state index in [2.05, 4.69) is 48.6 Å². The second-order valence-electron chi connectivity index (χ2n) is 15.8. The summed E-state index contributed by atoms with van der Waals surface area (Å²) in [7, 11) is 1.37. The van der Waals surface area contributed by atoms with E-state index in [1.165, 1.54) is 19.2 Å². The maximum absolute atomic E-state index is 13.7. The van der Waals surface area contributed by atoms with Crippen molar-refractivity contribution in [3.05, 3.63) is 164 Å². The molecule has 7 aromatic rings. The molecule has 2 aromatic heterocycles. The first-order chi connectivity index (χ1) is 31.5. The zero-order chi connectivity index (χ0) is 45.6. The number of fused-ring (bicyclic) bond motifs is 2. The highest BCUT2D eigenvalue weighted by Crippen LogP contribution is 2.33. The van der Waals surface area contributed by atoms with Crippen LogP contribution in [0.1, 0.15) is 56.8 Å². The van der Waals surface area contributed by atoms with Crippen LogP contribution in [0, 0.1) is 5.82 Å². The average Bonchev–Trinajstić information content (AvgIpc) is 3.33. The van der Waals surface area contributed by atoms with E-state index in [-0.39, 0.29) is 45.7 Å². The van der Waals surface area contributed by atoms with Gasteiger partial charge in [0.2, 0.25) is 0 Å². The van der Waals surface area contributed by atoms with Gasteiger partial charge >= 0.3 is 5.97 Å². The smallest absolute Gasteiger partial charge is 0.337 e. The zero-order valence-corrected chi connectivity index (χ0v) is 38.2. The number of hydrogen-bond acceptors (Lipinski definition) is 8. The van der Waals surface area contributed by atoms with E-state index >= 15 is 0 Å². The van der Waals surface area contributed by atoms with Crippen molar-refractivity contribution in [1.29, 1.82) is 0 Å². The quantitative estimate of drug-likeness (QED) is 0.145. The number of ether oxygens (including phenoxy) is 1. The number of esters is 1. The first-order valence-corrected chi connectivity index (χ1v) is 22.6. The SMILES string of the molecule is COC(=O)c1ccc(-c2ccc3c(N4CCC(NC(=O)c5cccc(Cl)c5Cl)CC4)ccnc3c2)cc1.O=C(NC1CCN(c2ccnc3ccc(F)cc23)CC1)c1cccc(Cl)c1Cl. The van der Waals surface area contributed by atoms with Gasteiger partial charge in [0.1, 0.15) is 5.82 Å². The van der Waals surface area contributed by atoms with Crippen LogP contribution in [0.5, 0.6) is 0 Å². The predicted molar refractivity (Wildman–Crippen MR) is 259 cm³/mol. The number of pyridine rings is 2. The number of methoxy groups -OCH3 is 1. The molecule has 0 saturated carbocycles. The number of carbonyl (C=O) groups is 3. The summed E-state index contributed by atoms with van der Waals surface area (Å²) in [5.74, 6) is -1.05. The molecule has 0 unspecified atom stereocenters. The molecule has 15 heteroatoms. The number of benzene rings is 5. The summed E-state index contributed by atoms with van der Waals surface area (Å²) in [4.78, 5) is 50.4. The number of carbonyl (C=O) groups excluding carboxylic acids is 3. The van der Waals surface area contributed by atoms with Gasteiger partial charge in [-0.2, -0.15) is 0 Å². The molecule has 2 aliphatic heterocycles. The lowest BCUT2D eigenvalue weighted by Crippen LogP contribution is -2.44. The number of aromatic nitrogens is 2. The van der Waals surface area contributed by atoms with Crippen molar-refractivity contribution >= 4 is 97.4 Å². The Balaban J connectivity index is 0.000000184. The Morgan fingerprint density at radius 1 is 0.600 bits per heavy atom. The Kier molecular flexibility index (Phi) is 14.3. The van der Waals surface area contributed by atoms with Crippen LogP contribution in [0.2, 0.25) is 20.1 Å². The summed E-state index contributed by atoms with van der Waals surface area (Å²) < 4.78 is 18.5. The fourth-order valence-electron chi connectivity index (χ4n) is 8.30. The lowest BCUT2D eigenvalue weighted by molar-refractivity contribution is 0.0600. The fourth-order valence-corrected chi connectivity index (χ4v) is 9.07. The summed E-state index contributed by atoms with van der Waals surface area (Å²) in [5, 5.41) is 9.30. The maximum atomic E-state index is 13.7. The van der Waals surface area contributed by atoms with Crippen molar-refractivity contribution in [2.45, 2.75) is 37.8 Å². The van der Waals surface area contributed by atoms with Crippen molar-refractivity contribution in [2.24, 2.45) is 0 Å². The Hall–Kier alpha value is -5.98. The Labute approximate surface area is 395 Å². The van der Waals surface area contributed by atoms with Gasteiger partial charge in [-0.25, -0.2) is 9.18 Å². The molecule has 0 spiro atoms. The lowest BCUT2D eigenvalue weighted by Gasteiger charge is -2.34. The van der Waals surface area contributed by atoms with Crippen LogP contribution in [-0.4, -0.2) is 73.1 Å². The van der Waals surface area contributed by atoms with Gasteiger partial charge in [0.25, 0.3) is 11.8 Å². The molecule has 2 aliphatic rings. The van der Waals surface area contributed by atoms with Crippen LogP contribution >= 0.6 is 46.4 Å². The van der Waals surface area contributed by atoms with Crippen LogP contribution in [0.3, 0.4) is 0 Å². The average molecular weight is 953 g/mol. The molecule has 2 fully saturated rings. The van der Waals surface area contributed by atoms with E-state index in [0.717, 1.165) is 96.2 Å². The number of halogens is 5. The van der Waals surface area contributed by atoms with Crippen LogP contribution in [0.15, 0.2) is 122 Å². The largest absolute Gasteiger partial charge is 0.465 e. The summed E-state index contributed by atoms with van der Waals surface area (Å²) >= 11 is 24.4. The Morgan fingerprint density at radius 2 is 1.11 bits per heavy atom. The molecular formula is C50H43Cl4FN6O4. The van der Waals surface area contributed by atoms with Crippen molar-refractivity contribution in [1.82, 2.24) is 20.6 Å². The summed E-state index contributed by atoms with van der Waals surface area (Å²) in [6.07, 6.45) is 6.77. The Morgan fingerprint density at radius 3 is 1.65 bits per heavy atom. The topological polar surface area (TPSA) is 117 Å². The summed E-state index contributed by atoms with van der Waals surface area (Å²) in [6.45, 7) is 3.13. The number of anilines is 2. The van der Waals surface area contributed by atoms with Gasteiger partial charge in [-0.1, -0.05) is 82.8 Å². The van der Waals surface area contributed by atoms with Crippen molar-refractivity contribution < 1.29 is 23.5 Å². The third kappa shape index (κ3) is 10.4. The van der Waals surface area contributed by atoms with Gasteiger partial charge < -0.3 is 25.2 Å². The minimum atomic E-state index is -0.354. The first kappa shape index (κ1) is 45.6. The molecule has 65 heavy (non-hydrogen) atoms. The van der Waals surface area contributed by atoms with Crippen molar-refractivity contribution in [2.75, 3.05) is 43.1 Å². The molecule has 0 radical (unpaired) electrons. The molecule has 9 rings (SSSR count). The predicted octanol–water partition coefficient (Wildman–Crippen LogP) is 11.5. The number of hydrogen-bond donors (Lipinski definition) is 2. The fraction of sp³-hybridized carbons (Fsp3) is 0.220. The van der Waals surface area contributed by atoms with Gasteiger partial charge in [0, 0.05) is 72.8 Å². The van der Waals surface area contributed by atoms with Crippen LogP contribution in [0.4, 0.5) is 15.8 Å². The molecule has 2 amide bonds. The van der Waals surface area contributed by atoms with Gasteiger partial charge in [0.05, 0.1) is 54.9 Å². The van der Waals surface area contributed by atoms with Gasteiger partial charge in [0.15, 0.2) is 0 Å². The number of nitrogens with zero attached hydrogens (tertiary/aromatic N) is 4. The number of piperidine rings is 2. The third-order valence-electron chi connectivity index (χ3n) is 11.8. The van der Waals surface area contributed by atoms with Crippen LogP contribution < -0.4 is 20.4 Å². The second kappa shape index (κ2) is 20.5. The molecule has 2 N–H and O–H groups in total. The molecule has 4 heterocycles. The lowest BCUT2D eigenvalue weighted by atomic mass is 10.00. The molecule has 5 aromatic carbocycles. The van der Waals surface area contributed by atoms with E-state index in [1.54, 1.807) is 60.8 Å². The van der Waals surface area contributed by atoms with E-state index < -0.39 is 0 Å². The standard InChI is InChI=1S/C29H25Cl2N3O3.C21H18Cl2FN3O/c1-37-29(36)19-7-5-18(6-8-19)20-9-10-22-25(17-20)32-14-11-26(22)34-15-12-21(13-16-34)33-28(35)23-3-2-4-24(30)27(23)31;22-17-3-1-2-15(20(17)23)21(28)26-14-7-10-27(11-8-14)19-6-9-25-18-5-4-13(24)12-16(18)19/h2-11,14,17,21H,12-13,15-16H2,1H3,(H,33,35);1-6,9,12,14H,7-8,10-11H2,(H,26,28). The highest BCUT2D eigenvalue weighted by molar-refractivity contribution is 6.44. The molecule has 0 bridgehead atoms. The number of rotatable bonds is 8. The van der Waals surface area contributed by atoms with Crippen LogP contribution in [0.25, 0.3) is 32.9 Å². The zero-order valence-electron chi connectivity index (χ0n) is 35.2. The highest BCUT2D eigenvalue weighted by atomic mass is 35.5. The molecule has 10 nitrogen and oxygen atoms in total. The molecule has 0 aliphatic carbocycles. The normalized spacial score (nSPS) is 14.4. The molecule has 332 valence electrons. The molecule has 2 saturated heterocycles. The summed E-state index contributed by atoms with van der Waals surface area (Å²) in [6, 6.07) is 32.4. The highest BCUT2D eigenvalue weighted by Gasteiger charge is 2.26. The third-order valence-corrected chi connectivity index (χ3v) is 13.4. The first-order valence-electron chi connectivity index (χ1n) is 21.1. The number of amides is 2. The number of nitrogens with one attached hydrogen (secondary N) is 2. The Bertz CT molecular complexity index is 2890. The summed E-state index contributed by atoms with van der Waals surface area (Å²) in [5.41, 5.74) is 7.07. The monoisotopic (exact) mass is 950 g/mol. The minimum Gasteiger partial charge on any atom is -0.465 e. The van der Waals surface area contributed by atoms with Gasteiger partial charge in [-0.15, -0.1) is 0 Å². The van der Waals surface area contributed by atoms with E-state index in [9.17, 15) is 18.8 Å². The van der Waals surface area contributed by atoms with E-state index in [4.69, 9.17) is 51.1 Å². The van der Waals surface area contributed by atoms with Crippen LogP contribution in [-0.2, 0) is 4.74 Å². The molecular weight excluding hydrogens is 909 g/mol. The van der Waals surface area contributed by atoms with Crippen molar-refractivity contribution in [3.8, 4) is 11.1 Å². The van der Waals surface area contributed by atoms with E-state index in [0.29, 0.717) is 26.7 Å². The van der Waals surface area contributed by atoms with Gasteiger partial charge in [-0.3, -0.25) is 19.6 Å². The molecule has 0 atom stereocenters. The maximum Gasteiger partial charge on any atom is 0.337 e. The second-order valence-corrected chi connectivity index (χ2v) is 17.4. The van der Waals surface area contributed by atoms with Crippen molar-refractivity contribution in [3.63, 3.8) is 0 Å². The van der Waals surface area contributed by atoms with E-state index in [1.807, 2.05) is 30.5 Å². The van der Waals surface area contributed by atoms with Gasteiger partial charge in [-0.05, 0) is 110 Å².